The van der Waals surface area contributed by atoms with E-state index in [1.807, 2.05) is 0 Å². The van der Waals surface area contributed by atoms with Crippen LogP contribution in [0.3, 0.4) is 0 Å². The van der Waals surface area contributed by atoms with Crippen LogP contribution >= 0.6 is 45.3 Å². The molecule has 0 saturated carbocycles. The van der Waals surface area contributed by atoms with Crippen LogP contribution in [0.5, 0.6) is 0 Å². The Morgan fingerprint density at radius 1 is 1.59 bits per heavy atom. The minimum Gasteiger partial charge on any atom is -0.298 e. The topological polar surface area (TPSA) is 85.1 Å². The van der Waals surface area contributed by atoms with Gasteiger partial charge in [-0.3, -0.25) is 20.2 Å². The number of thiazole rings is 1. The van der Waals surface area contributed by atoms with Crippen LogP contribution in [0.2, 0.25) is 0 Å². The average Bonchev–Trinajstić information content (AvgIpc) is 2.86. The summed E-state index contributed by atoms with van der Waals surface area (Å²) in [5.41, 5.74) is 0.525. The number of carbonyl (C=O) groups is 1. The van der Waals surface area contributed by atoms with E-state index in [2.05, 4.69) is 32.9 Å². The molecule has 0 aromatic carbocycles. The standard InChI is InChI=1S/C8H4IN3O3S2/c9-5-1-4(3-16-5)7(13)11-8-10-2-6(17-8)12(14)15/h1-3H,(H,10,11,13). The number of nitrogens with zero attached hydrogens (tertiary/aromatic N) is 2. The number of nitro groups is 1. The van der Waals surface area contributed by atoms with Crippen LogP contribution in [-0.4, -0.2) is 15.8 Å². The molecule has 0 aliphatic carbocycles. The molecule has 17 heavy (non-hydrogen) atoms. The third-order valence-corrected chi connectivity index (χ3v) is 4.38. The van der Waals surface area contributed by atoms with Crippen molar-refractivity contribution in [3.05, 3.63) is 36.2 Å². The lowest BCUT2D eigenvalue weighted by atomic mass is 10.3. The summed E-state index contributed by atoms with van der Waals surface area (Å²) >= 11 is 4.40. The number of rotatable bonds is 3. The number of anilines is 1. The number of halogens is 1. The zero-order chi connectivity index (χ0) is 12.4. The predicted octanol–water partition coefficient (Wildman–Crippen LogP) is 2.97. The van der Waals surface area contributed by atoms with Gasteiger partial charge in [0.25, 0.3) is 5.91 Å². The van der Waals surface area contributed by atoms with Crippen LogP contribution in [0.25, 0.3) is 0 Å². The van der Waals surface area contributed by atoms with Crippen LogP contribution in [0.15, 0.2) is 17.6 Å². The number of thiophene rings is 1. The van der Waals surface area contributed by atoms with E-state index in [9.17, 15) is 14.9 Å². The minimum atomic E-state index is -0.541. The van der Waals surface area contributed by atoms with Crippen molar-refractivity contribution in [2.45, 2.75) is 0 Å². The van der Waals surface area contributed by atoms with Gasteiger partial charge in [-0.05, 0) is 40.0 Å². The first-order chi connectivity index (χ1) is 8.06. The van der Waals surface area contributed by atoms with Gasteiger partial charge in [-0.25, -0.2) is 4.98 Å². The van der Waals surface area contributed by atoms with Crippen molar-refractivity contribution in [2.75, 3.05) is 5.32 Å². The largest absolute Gasteiger partial charge is 0.345 e. The second-order valence-corrected chi connectivity index (χ2v) is 6.67. The van der Waals surface area contributed by atoms with E-state index < -0.39 is 4.92 Å². The maximum Gasteiger partial charge on any atom is 0.345 e. The maximum absolute atomic E-state index is 11.7. The van der Waals surface area contributed by atoms with Crippen molar-refractivity contribution < 1.29 is 9.72 Å². The zero-order valence-corrected chi connectivity index (χ0v) is 11.8. The van der Waals surface area contributed by atoms with Gasteiger partial charge in [-0.2, -0.15) is 0 Å². The molecule has 1 N–H and O–H groups in total. The van der Waals surface area contributed by atoms with Crippen molar-refractivity contribution in [1.29, 1.82) is 0 Å². The molecule has 88 valence electrons. The molecular formula is C8H4IN3O3S2. The fourth-order valence-electron chi connectivity index (χ4n) is 1.01. The molecule has 1 amide bonds. The molecule has 0 aliphatic rings. The molecule has 6 nitrogen and oxygen atoms in total. The monoisotopic (exact) mass is 381 g/mol. The fourth-order valence-corrected chi connectivity index (χ4v) is 2.96. The van der Waals surface area contributed by atoms with Gasteiger partial charge in [-0.15, -0.1) is 11.3 Å². The minimum absolute atomic E-state index is 0.0970. The summed E-state index contributed by atoms with van der Waals surface area (Å²) in [5.74, 6) is -0.312. The van der Waals surface area contributed by atoms with Crippen LogP contribution < -0.4 is 5.32 Å². The van der Waals surface area contributed by atoms with E-state index >= 15 is 0 Å². The highest BCUT2D eigenvalue weighted by atomic mass is 127. The van der Waals surface area contributed by atoms with Gasteiger partial charge in [-0.1, -0.05) is 0 Å². The summed E-state index contributed by atoms with van der Waals surface area (Å²) in [5, 5.41) is 14.8. The Kier molecular flexibility index (Phi) is 3.69. The SMILES string of the molecule is O=C(Nc1ncc([N+](=O)[O-])s1)c1csc(I)c1. The van der Waals surface area contributed by atoms with Crippen molar-refractivity contribution in [1.82, 2.24) is 4.98 Å². The van der Waals surface area contributed by atoms with Crippen LogP contribution in [0.1, 0.15) is 10.4 Å². The third kappa shape index (κ3) is 2.98. The van der Waals surface area contributed by atoms with E-state index in [-0.39, 0.29) is 16.0 Å². The first-order valence-electron chi connectivity index (χ1n) is 4.22. The Morgan fingerprint density at radius 2 is 2.35 bits per heavy atom. The molecule has 0 spiro atoms. The van der Waals surface area contributed by atoms with Gasteiger partial charge in [0, 0.05) is 5.38 Å². The lowest BCUT2D eigenvalue weighted by Crippen LogP contribution is -2.10. The molecule has 0 unspecified atom stereocenters. The predicted molar refractivity (Wildman–Crippen MR) is 73.8 cm³/mol. The molecule has 2 heterocycles. The summed E-state index contributed by atoms with van der Waals surface area (Å²) in [6.07, 6.45) is 1.12. The smallest absolute Gasteiger partial charge is 0.298 e. The quantitative estimate of drug-likeness (QED) is 0.503. The van der Waals surface area contributed by atoms with Gasteiger partial charge in [0.2, 0.25) is 0 Å². The van der Waals surface area contributed by atoms with Crippen molar-refractivity contribution in [2.24, 2.45) is 0 Å². The molecular weight excluding hydrogens is 377 g/mol. The number of carbonyl (C=O) groups excluding carboxylic acids is 1. The van der Waals surface area contributed by atoms with Crippen molar-refractivity contribution >= 4 is 61.3 Å². The second-order valence-electron chi connectivity index (χ2n) is 2.85. The molecule has 2 rings (SSSR count). The molecule has 0 fully saturated rings. The van der Waals surface area contributed by atoms with Crippen molar-refractivity contribution in [3.63, 3.8) is 0 Å². The third-order valence-electron chi connectivity index (χ3n) is 1.72. The van der Waals surface area contributed by atoms with Gasteiger partial charge in [0.05, 0.1) is 13.4 Å². The van der Waals surface area contributed by atoms with Gasteiger partial charge < -0.3 is 0 Å². The molecule has 0 aliphatic heterocycles. The summed E-state index contributed by atoms with van der Waals surface area (Å²) in [6.45, 7) is 0. The van der Waals surface area contributed by atoms with Crippen molar-refractivity contribution in [3.8, 4) is 0 Å². The Labute approximate surface area is 117 Å². The molecule has 0 bridgehead atoms. The van der Waals surface area contributed by atoms with E-state index in [1.165, 1.54) is 11.3 Å². The highest BCUT2D eigenvalue weighted by molar-refractivity contribution is 14.1. The van der Waals surface area contributed by atoms with Crippen LogP contribution in [0, 0.1) is 13.0 Å². The maximum atomic E-state index is 11.7. The molecule has 0 radical (unpaired) electrons. The van der Waals surface area contributed by atoms with E-state index in [0.29, 0.717) is 5.56 Å². The number of aromatic nitrogens is 1. The Hall–Kier alpha value is -1.07. The van der Waals surface area contributed by atoms with E-state index in [0.717, 1.165) is 20.4 Å². The summed E-state index contributed by atoms with van der Waals surface area (Å²) in [4.78, 5) is 25.3. The Bertz CT molecular complexity index is 580. The lowest BCUT2D eigenvalue weighted by Gasteiger charge is -1.96. The van der Waals surface area contributed by atoms with E-state index in [1.54, 1.807) is 11.4 Å². The summed E-state index contributed by atoms with van der Waals surface area (Å²) in [7, 11) is 0. The number of amides is 1. The average molecular weight is 381 g/mol. The van der Waals surface area contributed by atoms with Crippen LogP contribution in [-0.2, 0) is 0 Å². The van der Waals surface area contributed by atoms with Crippen LogP contribution in [0.4, 0.5) is 10.1 Å². The Balaban J connectivity index is 2.10. The van der Waals surface area contributed by atoms with E-state index in [4.69, 9.17) is 0 Å². The lowest BCUT2D eigenvalue weighted by molar-refractivity contribution is -0.380. The number of hydrogen-bond acceptors (Lipinski definition) is 6. The molecule has 0 saturated heterocycles. The molecule has 2 aromatic heterocycles. The van der Waals surface area contributed by atoms with Gasteiger partial charge in [0.1, 0.15) is 6.20 Å². The highest BCUT2D eigenvalue weighted by Gasteiger charge is 2.14. The fraction of sp³-hybridized carbons (Fsp3) is 0. The van der Waals surface area contributed by atoms with Gasteiger partial charge >= 0.3 is 5.00 Å². The summed E-state index contributed by atoms with van der Waals surface area (Å²) in [6, 6.07) is 1.74. The highest BCUT2D eigenvalue weighted by Crippen LogP contribution is 2.26. The first-order valence-corrected chi connectivity index (χ1v) is 6.99. The molecule has 0 atom stereocenters. The molecule has 2 aromatic rings. The second kappa shape index (κ2) is 5.06. The normalized spacial score (nSPS) is 10.2. The molecule has 9 heteroatoms. The first kappa shape index (κ1) is 12.4. The Morgan fingerprint density at radius 3 is 2.88 bits per heavy atom. The zero-order valence-electron chi connectivity index (χ0n) is 8.05. The summed E-state index contributed by atoms with van der Waals surface area (Å²) < 4.78 is 0.998. The number of hydrogen-bond donors (Lipinski definition) is 1. The van der Waals surface area contributed by atoms with Gasteiger partial charge in [0.15, 0.2) is 5.13 Å². The number of nitrogens with one attached hydrogen (secondary N) is 1.